The average Bonchev–Trinajstić information content (AvgIpc) is 3.18. The van der Waals surface area contributed by atoms with Gasteiger partial charge in [0.1, 0.15) is 11.6 Å². The molecule has 2 nitrogen and oxygen atoms in total. The molecule has 1 saturated carbocycles. The highest BCUT2D eigenvalue weighted by molar-refractivity contribution is 5.20. The fraction of sp³-hybridized carbons (Fsp3) is 0.625. The van der Waals surface area contributed by atoms with Crippen molar-refractivity contribution in [2.45, 2.75) is 26.2 Å². The van der Waals surface area contributed by atoms with Crippen molar-refractivity contribution in [3.05, 3.63) is 35.4 Å². The van der Waals surface area contributed by atoms with Crippen molar-refractivity contribution >= 4 is 0 Å². The number of benzene rings is 1. The molecule has 112 valence electrons. The first kappa shape index (κ1) is 15.4. The molecule has 1 aromatic rings. The van der Waals surface area contributed by atoms with Gasteiger partial charge in [-0.2, -0.15) is 0 Å². The lowest BCUT2D eigenvalue weighted by Crippen LogP contribution is -2.37. The molecular weight excluding hydrogens is 260 g/mol. The van der Waals surface area contributed by atoms with Crippen LogP contribution >= 0.6 is 0 Å². The van der Waals surface area contributed by atoms with Gasteiger partial charge in [-0.3, -0.25) is 0 Å². The highest BCUT2D eigenvalue weighted by Crippen LogP contribution is 2.47. The fourth-order valence-electron chi connectivity index (χ4n) is 2.86. The van der Waals surface area contributed by atoms with Gasteiger partial charge in [-0.1, -0.05) is 6.92 Å². The molecule has 1 aliphatic rings. The molecule has 20 heavy (non-hydrogen) atoms. The van der Waals surface area contributed by atoms with Crippen molar-refractivity contribution in [1.29, 1.82) is 0 Å². The van der Waals surface area contributed by atoms with Crippen LogP contribution in [0.4, 0.5) is 8.78 Å². The molecular formula is C16H23F2NO. The zero-order valence-corrected chi connectivity index (χ0v) is 12.2. The summed E-state index contributed by atoms with van der Waals surface area (Å²) in [4.78, 5) is 0. The van der Waals surface area contributed by atoms with Gasteiger partial charge in [-0.05, 0) is 48.3 Å². The van der Waals surface area contributed by atoms with Crippen LogP contribution < -0.4 is 5.32 Å². The van der Waals surface area contributed by atoms with Gasteiger partial charge in [0.05, 0.1) is 6.61 Å². The Bertz CT molecular complexity index is 428. The Morgan fingerprint density at radius 1 is 1.25 bits per heavy atom. The molecule has 0 aromatic heterocycles. The van der Waals surface area contributed by atoms with Crippen LogP contribution in [0.25, 0.3) is 0 Å². The van der Waals surface area contributed by atoms with Gasteiger partial charge >= 0.3 is 0 Å². The summed E-state index contributed by atoms with van der Waals surface area (Å²) in [6.45, 7) is 4.53. The van der Waals surface area contributed by atoms with Crippen molar-refractivity contribution in [3.63, 3.8) is 0 Å². The number of halogens is 2. The molecule has 0 aliphatic heterocycles. The van der Waals surface area contributed by atoms with E-state index in [-0.39, 0.29) is 5.41 Å². The zero-order valence-electron chi connectivity index (χ0n) is 12.2. The number of hydrogen-bond acceptors (Lipinski definition) is 2. The van der Waals surface area contributed by atoms with Crippen molar-refractivity contribution in [3.8, 4) is 0 Å². The van der Waals surface area contributed by atoms with Crippen LogP contribution in [0.2, 0.25) is 0 Å². The highest BCUT2D eigenvalue weighted by Gasteiger charge is 2.41. The summed E-state index contributed by atoms with van der Waals surface area (Å²) < 4.78 is 31.6. The summed E-state index contributed by atoms with van der Waals surface area (Å²) in [6, 6.07) is 3.81. The van der Waals surface area contributed by atoms with E-state index in [1.165, 1.54) is 25.0 Å². The summed E-state index contributed by atoms with van der Waals surface area (Å²) in [7, 11) is 1.68. The molecule has 1 aromatic carbocycles. The molecule has 2 rings (SSSR count). The predicted octanol–water partition coefficient (Wildman–Crippen LogP) is 3.16. The van der Waals surface area contributed by atoms with Crippen LogP contribution in [0.15, 0.2) is 18.2 Å². The Kier molecular flexibility index (Phi) is 5.11. The molecule has 1 aliphatic carbocycles. The van der Waals surface area contributed by atoms with E-state index in [4.69, 9.17) is 4.74 Å². The van der Waals surface area contributed by atoms with Gasteiger partial charge < -0.3 is 10.1 Å². The second kappa shape index (κ2) is 6.64. The third-order valence-corrected chi connectivity index (χ3v) is 4.11. The Balaban J connectivity index is 2.00. The minimum atomic E-state index is -0.495. The summed E-state index contributed by atoms with van der Waals surface area (Å²) in [5.41, 5.74) is 0.791. The summed E-state index contributed by atoms with van der Waals surface area (Å²) in [5.74, 6) is -0.347. The molecule has 0 bridgehead atoms. The van der Waals surface area contributed by atoms with Crippen LogP contribution in [-0.2, 0) is 11.2 Å². The maximum absolute atomic E-state index is 13.3. The van der Waals surface area contributed by atoms with E-state index in [0.29, 0.717) is 18.9 Å². The lowest BCUT2D eigenvalue weighted by molar-refractivity contribution is 0.187. The molecule has 1 N–H and O–H groups in total. The van der Waals surface area contributed by atoms with E-state index in [0.717, 1.165) is 24.7 Å². The van der Waals surface area contributed by atoms with E-state index in [9.17, 15) is 8.78 Å². The first-order valence-electron chi connectivity index (χ1n) is 7.18. The van der Waals surface area contributed by atoms with E-state index in [1.807, 2.05) is 0 Å². The third kappa shape index (κ3) is 4.25. The second-order valence-electron chi connectivity index (χ2n) is 6.05. The highest BCUT2D eigenvalue weighted by atomic mass is 19.1. The predicted molar refractivity (Wildman–Crippen MR) is 75.6 cm³/mol. The Labute approximate surface area is 119 Å². The number of hydrogen-bond donors (Lipinski definition) is 1. The first-order valence-corrected chi connectivity index (χ1v) is 7.18. The largest absolute Gasteiger partial charge is 0.383 e. The summed E-state index contributed by atoms with van der Waals surface area (Å²) in [5, 5.41) is 3.39. The lowest BCUT2D eigenvalue weighted by Gasteiger charge is -2.30. The van der Waals surface area contributed by atoms with Gasteiger partial charge in [-0.15, -0.1) is 0 Å². The maximum atomic E-state index is 13.3. The first-order chi connectivity index (χ1) is 9.53. The molecule has 0 heterocycles. The smallest absolute Gasteiger partial charge is 0.126 e. The van der Waals surface area contributed by atoms with Crippen molar-refractivity contribution in [1.82, 2.24) is 5.32 Å². The maximum Gasteiger partial charge on any atom is 0.126 e. The third-order valence-electron chi connectivity index (χ3n) is 4.11. The molecule has 1 atom stereocenters. The summed E-state index contributed by atoms with van der Waals surface area (Å²) >= 11 is 0. The molecule has 1 unspecified atom stereocenters. The molecule has 0 radical (unpaired) electrons. The Hall–Kier alpha value is -1.00. The van der Waals surface area contributed by atoms with Gasteiger partial charge in [-0.25, -0.2) is 8.78 Å². The fourth-order valence-corrected chi connectivity index (χ4v) is 2.86. The topological polar surface area (TPSA) is 21.3 Å². The van der Waals surface area contributed by atoms with Gasteiger partial charge in [0.2, 0.25) is 0 Å². The molecule has 0 saturated heterocycles. The molecule has 4 heteroatoms. The second-order valence-corrected chi connectivity index (χ2v) is 6.05. The van der Waals surface area contributed by atoms with E-state index in [1.54, 1.807) is 7.11 Å². The van der Waals surface area contributed by atoms with Crippen LogP contribution in [0.5, 0.6) is 0 Å². The van der Waals surface area contributed by atoms with Crippen LogP contribution in [-0.4, -0.2) is 26.8 Å². The van der Waals surface area contributed by atoms with E-state index >= 15 is 0 Å². The van der Waals surface area contributed by atoms with E-state index in [2.05, 4.69) is 12.2 Å². The number of methoxy groups -OCH3 is 1. The SMILES string of the molecule is COCCNCC(C)(Cc1cc(F)cc(F)c1)C1CC1. The number of ether oxygens (including phenoxy) is 1. The lowest BCUT2D eigenvalue weighted by atomic mass is 9.79. The van der Waals surface area contributed by atoms with Crippen LogP contribution in [0.3, 0.4) is 0 Å². The zero-order chi connectivity index (χ0) is 14.6. The van der Waals surface area contributed by atoms with Crippen LogP contribution in [0.1, 0.15) is 25.3 Å². The quantitative estimate of drug-likeness (QED) is 0.740. The minimum Gasteiger partial charge on any atom is -0.383 e. The van der Waals surface area contributed by atoms with Crippen LogP contribution in [0, 0.1) is 23.0 Å². The van der Waals surface area contributed by atoms with Crippen molar-refractivity contribution in [2.75, 3.05) is 26.8 Å². The monoisotopic (exact) mass is 283 g/mol. The minimum absolute atomic E-state index is 0.0496. The standard InChI is InChI=1S/C16H23F2NO/c1-16(13-3-4-13,11-19-5-6-20-2)10-12-7-14(17)9-15(18)8-12/h7-9,13,19H,3-6,10-11H2,1-2H3. The number of rotatable bonds is 8. The molecule has 0 spiro atoms. The normalized spacial score (nSPS) is 18.0. The van der Waals surface area contributed by atoms with E-state index < -0.39 is 11.6 Å². The van der Waals surface area contributed by atoms with Crippen molar-refractivity contribution in [2.24, 2.45) is 11.3 Å². The summed E-state index contributed by atoms with van der Waals surface area (Å²) in [6.07, 6.45) is 3.12. The molecule has 0 amide bonds. The van der Waals surface area contributed by atoms with Gasteiger partial charge in [0.15, 0.2) is 0 Å². The average molecular weight is 283 g/mol. The Morgan fingerprint density at radius 3 is 2.45 bits per heavy atom. The Morgan fingerprint density at radius 2 is 1.90 bits per heavy atom. The van der Waals surface area contributed by atoms with Crippen molar-refractivity contribution < 1.29 is 13.5 Å². The van der Waals surface area contributed by atoms with Gasteiger partial charge in [0.25, 0.3) is 0 Å². The van der Waals surface area contributed by atoms with Gasteiger partial charge in [0, 0.05) is 26.3 Å². The number of nitrogens with one attached hydrogen (secondary N) is 1. The molecule has 1 fully saturated rings.